The monoisotopic (exact) mass is 376 g/mol. The van der Waals surface area contributed by atoms with E-state index in [1.807, 2.05) is 0 Å². The van der Waals surface area contributed by atoms with Gasteiger partial charge in [-0.2, -0.15) is 4.98 Å². The maximum Gasteiger partial charge on any atom is 0.235 e. The molecule has 1 heterocycles. The van der Waals surface area contributed by atoms with Crippen LogP contribution in [0.1, 0.15) is 0 Å². The fraction of sp³-hybridized carbons (Fsp3) is 0.167. The number of hydrogen-bond donors (Lipinski definition) is 0. The quantitative estimate of drug-likeness (QED) is 0.636. The number of halogens is 1. The first kappa shape index (κ1) is 17.9. The van der Waals surface area contributed by atoms with Crippen LogP contribution in [0.25, 0.3) is 11.5 Å². The molecule has 0 fully saturated rings. The second-order valence-corrected chi connectivity index (χ2v) is 7.55. The normalized spacial score (nSPS) is 11.4. The highest BCUT2D eigenvalue weighted by Crippen LogP contribution is 2.36. The molecule has 0 aliphatic rings. The Balaban J connectivity index is 2.19. The van der Waals surface area contributed by atoms with E-state index in [9.17, 15) is 12.8 Å². The number of para-hydroxylation sites is 1. The topological polar surface area (TPSA) is 72.6 Å². The molecular formula is C18H17FN2O4S. The number of benzene rings is 2. The smallest absolute Gasteiger partial charge is 0.235 e. The van der Waals surface area contributed by atoms with Crippen molar-refractivity contribution in [3.8, 4) is 17.2 Å². The van der Waals surface area contributed by atoms with Crippen molar-refractivity contribution in [1.82, 2.24) is 4.98 Å². The van der Waals surface area contributed by atoms with Gasteiger partial charge in [0, 0.05) is 14.1 Å². The van der Waals surface area contributed by atoms with E-state index < -0.39 is 15.7 Å². The van der Waals surface area contributed by atoms with Gasteiger partial charge >= 0.3 is 0 Å². The molecule has 2 aromatic carbocycles. The summed E-state index contributed by atoms with van der Waals surface area (Å²) in [6, 6.07) is 11.6. The molecule has 3 rings (SSSR count). The molecule has 0 aliphatic heterocycles. The number of methoxy groups -OCH3 is 1. The van der Waals surface area contributed by atoms with E-state index in [1.54, 1.807) is 38.4 Å². The summed E-state index contributed by atoms with van der Waals surface area (Å²) in [6.45, 7) is 0. The third-order valence-corrected chi connectivity index (χ3v) is 5.37. The van der Waals surface area contributed by atoms with E-state index in [-0.39, 0.29) is 21.7 Å². The van der Waals surface area contributed by atoms with Crippen LogP contribution in [0, 0.1) is 5.82 Å². The van der Waals surface area contributed by atoms with Crippen LogP contribution in [0.15, 0.2) is 62.9 Å². The molecule has 0 saturated carbocycles. The molecule has 3 aromatic rings. The van der Waals surface area contributed by atoms with Gasteiger partial charge in [-0.05, 0) is 36.4 Å². The summed E-state index contributed by atoms with van der Waals surface area (Å²) in [5.41, 5.74) is 0.527. The molecule has 8 heteroatoms. The fourth-order valence-corrected chi connectivity index (χ4v) is 3.79. The number of hydrogen-bond acceptors (Lipinski definition) is 6. The largest absolute Gasteiger partial charge is 0.496 e. The van der Waals surface area contributed by atoms with Gasteiger partial charge in [-0.3, -0.25) is 0 Å². The van der Waals surface area contributed by atoms with Crippen LogP contribution in [0.4, 0.5) is 10.3 Å². The lowest BCUT2D eigenvalue weighted by molar-refractivity contribution is 0.414. The van der Waals surface area contributed by atoms with Crippen LogP contribution in [0.3, 0.4) is 0 Å². The van der Waals surface area contributed by atoms with Gasteiger partial charge in [0.15, 0.2) is 0 Å². The molecule has 0 amide bonds. The van der Waals surface area contributed by atoms with E-state index in [2.05, 4.69) is 4.98 Å². The van der Waals surface area contributed by atoms with E-state index in [4.69, 9.17) is 9.15 Å². The van der Waals surface area contributed by atoms with Gasteiger partial charge in [0.2, 0.25) is 26.6 Å². The maximum absolute atomic E-state index is 13.1. The molecule has 0 atom stereocenters. The van der Waals surface area contributed by atoms with Crippen LogP contribution < -0.4 is 9.64 Å². The lowest BCUT2D eigenvalue weighted by Gasteiger charge is -2.10. The summed E-state index contributed by atoms with van der Waals surface area (Å²) in [7, 11) is 0.811. The molecule has 0 radical (unpaired) electrons. The summed E-state index contributed by atoms with van der Waals surface area (Å²) in [5, 5.41) is -0.241. The van der Waals surface area contributed by atoms with E-state index in [0.717, 1.165) is 12.1 Å². The standard InChI is InChI=1S/C18H17FN2O4S/c1-21(2)18-17(26(22,23)13-10-8-12(19)9-11-13)20-16(25-18)14-6-4-5-7-15(14)24-3/h4-11H,1-3H3. The van der Waals surface area contributed by atoms with Crippen LogP contribution in [0.5, 0.6) is 5.75 Å². The molecule has 1 aromatic heterocycles. The Bertz CT molecular complexity index is 1030. The highest BCUT2D eigenvalue weighted by Gasteiger charge is 2.30. The lowest BCUT2D eigenvalue weighted by Crippen LogP contribution is -2.13. The zero-order valence-corrected chi connectivity index (χ0v) is 15.2. The van der Waals surface area contributed by atoms with Crippen LogP contribution in [-0.4, -0.2) is 34.6 Å². The highest BCUT2D eigenvalue weighted by molar-refractivity contribution is 7.91. The van der Waals surface area contributed by atoms with Crippen molar-refractivity contribution >= 4 is 15.7 Å². The molecule has 136 valence electrons. The second kappa shape index (κ2) is 6.80. The number of oxazole rings is 1. The number of anilines is 1. The van der Waals surface area contributed by atoms with Gasteiger partial charge < -0.3 is 14.1 Å². The van der Waals surface area contributed by atoms with Crippen molar-refractivity contribution < 1.29 is 22.0 Å². The first-order chi connectivity index (χ1) is 12.3. The SMILES string of the molecule is COc1ccccc1-c1nc(S(=O)(=O)c2ccc(F)cc2)c(N(C)C)o1. The van der Waals surface area contributed by atoms with Crippen molar-refractivity contribution in [3.63, 3.8) is 0 Å². The fourth-order valence-electron chi connectivity index (χ4n) is 2.42. The Hall–Kier alpha value is -2.87. The van der Waals surface area contributed by atoms with Gasteiger partial charge in [-0.1, -0.05) is 12.1 Å². The number of sulfone groups is 1. The lowest BCUT2D eigenvalue weighted by atomic mass is 10.2. The predicted molar refractivity (Wildman–Crippen MR) is 94.7 cm³/mol. The van der Waals surface area contributed by atoms with Gasteiger partial charge in [-0.15, -0.1) is 0 Å². The number of nitrogens with zero attached hydrogens (tertiary/aromatic N) is 2. The number of aromatic nitrogens is 1. The van der Waals surface area contributed by atoms with Crippen molar-refractivity contribution in [2.75, 3.05) is 26.1 Å². The maximum atomic E-state index is 13.1. The highest BCUT2D eigenvalue weighted by atomic mass is 32.2. The first-order valence-corrected chi connectivity index (χ1v) is 9.15. The van der Waals surface area contributed by atoms with Crippen molar-refractivity contribution in [1.29, 1.82) is 0 Å². The summed E-state index contributed by atoms with van der Waals surface area (Å²) < 4.78 is 50.1. The zero-order chi connectivity index (χ0) is 18.9. The molecule has 0 saturated heterocycles. The predicted octanol–water partition coefficient (Wildman–Crippen LogP) is 3.39. The van der Waals surface area contributed by atoms with Crippen LogP contribution in [-0.2, 0) is 9.84 Å². The minimum atomic E-state index is -3.99. The third kappa shape index (κ3) is 3.15. The average molecular weight is 376 g/mol. The minimum Gasteiger partial charge on any atom is -0.496 e. The summed E-state index contributed by atoms with van der Waals surface area (Å²) in [6.07, 6.45) is 0. The molecule has 0 unspecified atom stereocenters. The molecule has 0 N–H and O–H groups in total. The Morgan fingerprint density at radius 3 is 2.35 bits per heavy atom. The zero-order valence-electron chi connectivity index (χ0n) is 14.4. The van der Waals surface area contributed by atoms with Crippen LogP contribution >= 0.6 is 0 Å². The number of rotatable bonds is 5. The first-order valence-electron chi connectivity index (χ1n) is 7.67. The van der Waals surface area contributed by atoms with E-state index in [0.29, 0.717) is 11.3 Å². The third-order valence-electron chi connectivity index (χ3n) is 3.70. The van der Waals surface area contributed by atoms with E-state index >= 15 is 0 Å². The van der Waals surface area contributed by atoms with Crippen molar-refractivity contribution in [2.45, 2.75) is 9.92 Å². The van der Waals surface area contributed by atoms with Gasteiger partial charge in [-0.25, -0.2) is 12.8 Å². The molecule has 0 spiro atoms. The summed E-state index contributed by atoms with van der Waals surface area (Å²) in [5.74, 6) is 0.179. The molecule has 0 aliphatic carbocycles. The Kier molecular flexibility index (Phi) is 4.69. The average Bonchev–Trinajstić information content (AvgIpc) is 3.08. The van der Waals surface area contributed by atoms with Gasteiger partial charge in [0.25, 0.3) is 0 Å². The van der Waals surface area contributed by atoms with Crippen molar-refractivity contribution in [2.24, 2.45) is 0 Å². The molecule has 26 heavy (non-hydrogen) atoms. The second-order valence-electron chi connectivity index (χ2n) is 5.68. The van der Waals surface area contributed by atoms with Gasteiger partial charge in [0.1, 0.15) is 11.6 Å². The van der Waals surface area contributed by atoms with Crippen LogP contribution in [0.2, 0.25) is 0 Å². The summed E-state index contributed by atoms with van der Waals surface area (Å²) in [4.78, 5) is 5.66. The minimum absolute atomic E-state index is 0.0677. The van der Waals surface area contributed by atoms with Gasteiger partial charge in [0.05, 0.1) is 17.6 Å². The molecular weight excluding hydrogens is 359 g/mol. The Morgan fingerprint density at radius 2 is 1.73 bits per heavy atom. The Labute approximate surface area is 150 Å². The molecule has 0 bridgehead atoms. The Morgan fingerprint density at radius 1 is 1.08 bits per heavy atom. The number of ether oxygens (including phenoxy) is 1. The van der Waals surface area contributed by atoms with Crippen molar-refractivity contribution in [3.05, 3.63) is 54.3 Å². The molecule has 6 nitrogen and oxygen atoms in total. The van der Waals surface area contributed by atoms with E-state index in [1.165, 1.54) is 24.1 Å². The summed E-state index contributed by atoms with van der Waals surface area (Å²) >= 11 is 0.